The van der Waals surface area contributed by atoms with E-state index < -0.39 is 0 Å². The molecule has 4 atom stereocenters. The van der Waals surface area contributed by atoms with Gasteiger partial charge in [-0.25, -0.2) is 0 Å². The van der Waals surface area contributed by atoms with Crippen molar-refractivity contribution in [1.82, 2.24) is 20.4 Å². The number of carbonyl (C=O) groups is 2. The molecule has 4 rings (SSSR count). The predicted molar refractivity (Wildman–Crippen MR) is 99.9 cm³/mol. The van der Waals surface area contributed by atoms with Crippen molar-refractivity contribution in [2.24, 2.45) is 11.8 Å². The number of ether oxygens (including phenoxy) is 1. The monoisotopic (exact) mass is 388 g/mol. The number of amides is 2. The molecule has 1 saturated heterocycles. The summed E-state index contributed by atoms with van der Waals surface area (Å²) in [5, 5.41) is 10.6. The highest BCUT2D eigenvalue weighted by Gasteiger charge is 2.55. The summed E-state index contributed by atoms with van der Waals surface area (Å²) >= 11 is 5.97. The molecule has 8 heteroatoms. The van der Waals surface area contributed by atoms with Gasteiger partial charge in [-0.15, -0.1) is 0 Å². The molecule has 1 saturated carbocycles. The molecule has 2 aliphatic rings. The van der Waals surface area contributed by atoms with Crippen molar-refractivity contribution in [3.63, 3.8) is 0 Å². The van der Waals surface area contributed by atoms with Gasteiger partial charge in [-0.2, -0.15) is 5.10 Å². The van der Waals surface area contributed by atoms with Crippen LogP contribution < -0.4 is 10.6 Å². The van der Waals surface area contributed by atoms with Gasteiger partial charge in [0.2, 0.25) is 0 Å². The van der Waals surface area contributed by atoms with E-state index in [9.17, 15) is 9.59 Å². The highest BCUT2D eigenvalue weighted by molar-refractivity contribution is 6.30. The van der Waals surface area contributed by atoms with Crippen molar-refractivity contribution in [2.45, 2.75) is 19.0 Å². The summed E-state index contributed by atoms with van der Waals surface area (Å²) in [5.41, 5.74) is 1.52. The molecule has 142 valence electrons. The molecule has 2 fully saturated rings. The lowest BCUT2D eigenvalue weighted by atomic mass is 10.1. The van der Waals surface area contributed by atoms with Crippen LogP contribution >= 0.6 is 11.6 Å². The summed E-state index contributed by atoms with van der Waals surface area (Å²) in [4.78, 5) is 24.9. The van der Waals surface area contributed by atoms with Gasteiger partial charge in [0, 0.05) is 36.0 Å². The molecule has 27 heavy (non-hydrogen) atoms. The third-order valence-electron chi connectivity index (χ3n) is 5.40. The maximum atomic E-state index is 12.9. The molecule has 1 aliphatic heterocycles. The Morgan fingerprint density at radius 1 is 1.22 bits per heavy atom. The summed E-state index contributed by atoms with van der Waals surface area (Å²) in [6.45, 7) is 3.32. The van der Waals surface area contributed by atoms with Crippen LogP contribution in [0.2, 0.25) is 5.02 Å². The molecule has 2 amide bonds. The standard InChI is InChI=1S/C19H21ClN4O3/c1-10(11-3-5-12(20)6-4-11)24-16(7-15(23-24)18(25)21-2)19(26)22-17-13-8-27-9-14(13)17/h3-7,10,13-14,17H,8-9H2,1-2H3,(H,21,25)(H,22,26)/t10-,13-,14+,17?/m0/s1. The van der Waals surface area contributed by atoms with Crippen molar-refractivity contribution in [3.8, 4) is 0 Å². The first-order valence-electron chi connectivity index (χ1n) is 8.95. The highest BCUT2D eigenvalue weighted by atomic mass is 35.5. The Hall–Kier alpha value is -2.38. The number of aromatic nitrogens is 2. The molecule has 0 bridgehead atoms. The van der Waals surface area contributed by atoms with Crippen LogP contribution in [0.4, 0.5) is 0 Å². The third kappa shape index (κ3) is 3.33. The van der Waals surface area contributed by atoms with Gasteiger partial charge in [0.1, 0.15) is 5.69 Å². The van der Waals surface area contributed by atoms with E-state index in [1.54, 1.807) is 16.8 Å². The van der Waals surface area contributed by atoms with E-state index in [4.69, 9.17) is 16.3 Å². The van der Waals surface area contributed by atoms with Crippen molar-refractivity contribution in [3.05, 3.63) is 52.3 Å². The van der Waals surface area contributed by atoms with Crippen LogP contribution in [0.5, 0.6) is 0 Å². The Bertz CT molecular complexity index is 870. The zero-order chi connectivity index (χ0) is 19.1. The summed E-state index contributed by atoms with van der Waals surface area (Å²) in [6, 6.07) is 8.81. The molecule has 7 nitrogen and oxygen atoms in total. The maximum absolute atomic E-state index is 12.9. The van der Waals surface area contributed by atoms with Crippen LogP contribution in [0.3, 0.4) is 0 Å². The molecule has 2 aromatic rings. The van der Waals surface area contributed by atoms with Crippen LogP contribution in [0.1, 0.15) is 39.5 Å². The molecule has 0 radical (unpaired) electrons. The number of nitrogens with one attached hydrogen (secondary N) is 2. The molecular formula is C19H21ClN4O3. The zero-order valence-corrected chi connectivity index (χ0v) is 15.9. The van der Waals surface area contributed by atoms with Crippen molar-refractivity contribution in [1.29, 1.82) is 0 Å². The smallest absolute Gasteiger partial charge is 0.271 e. The SMILES string of the molecule is CNC(=O)c1cc(C(=O)NC2[C@H]3COC[C@@H]23)n([C@@H](C)c2ccc(Cl)cc2)n1. The van der Waals surface area contributed by atoms with E-state index in [1.165, 1.54) is 13.1 Å². The minimum Gasteiger partial charge on any atom is -0.381 e. The third-order valence-corrected chi connectivity index (χ3v) is 5.65. The number of hydrogen-bond acceptors (Lipinski definition) is 4. The molecule has 0 spiro atoms. The van der Waals surface area contributed by atoms with Gasteiger partial charge >= 0.3 is 0 Å². The first kappa shape index (κ1) is 18.0. The summed E-state index contributed by atoms with van der Waals surface area (Å²) < 4.78 is 6.97. The van der Waals surface area contributed by atoms with Crippen LogP contribution in [0.15, 0.2) is 30.3 Å². The molecule has 1 unspecified atom stereocenters. The molecule has 1 aliphatic carbocycles. The van der Waals surface area contributed by atoms with Crippen LogP contribution in [-0.4, -0.2) is 47.9 Å². The van der Waals surface area contributed by atoms with E-state index in [2.05, 4.69) is 15.7 Å². The molecular weight excluding hydrogens is 368 g/mol. The van der Waals surface area contributed by atoms with Gasteiger partial charge in [-0.05, 0) is 24.6 Å². The lowest BCUT2D eigenvalue weighted by Gasteiger charge is -2.16. The van der Waals surface area contributed by atoms with Crippen molar-refractivity contribution >= 4 is 23.4 Å². The second-order valence-corrected chi connectivity index (χ2v) is 7.47. The maximum Gasteiger partial charge on any atom is 0.271 e. The average Bonchev–Trinajstić information content (AvgIpc) is 3.08. The Balaban J connectivity index is 1.62. The van der Waals surface area contributed by atoms with Gasteiger partial charge in [0.25, 0.3) is 11.8 Å². The van der Waals surface area contributed by atoms with Gasteiger partial charge in [-0.3, -0.25) is 14.3 Å². The number of benzene rings is 1. The summed E-state index contributed by atoms with van der Waals surface area (Å²) in [6.07, 6.45) is 0. The number of hydrogen-bond donors (Lipinski definition) is 2. The lowest BCUT2D eigenvalue weighted by Crippen LogP contribution is -2.32. The van der Waals surface area contributed by atoms with E-state index in [0.717, 1.165) is 5.56 Å². The largest absolute Gasteiger partial charge is 0.381 e. The highest BCUT2D eigenvalue weighted by Crippen LogP contribution is 2.44. The fourth-order valence-corrected chi connectivity index (χ4v) is 3.79. The predicted octanol–water partition coefficient (Wildman–Crippen LogP) is 1.88. The fraction of sp³-hybridized carbons (Fsp3) is 0.421. The lowest BCUT2D eigenvalue weighted by molar-refractivity contribution is 0.0915. The number of halogens is 1. The Labute approximate surface area is 162 Å². The van der Waals surface area contributed by atoms with Crippen molar-refractivity contribution < 1.29 is 14.3 Å². The number of carbonyl (C=O) groups excluding carboxylic acids is 2. The van der Waals surface area contributed by atoms with Crippen LogP contribution in [0, 0.1) is 11.8 Å². The Morgan fingerprint density at radius 3 is 2.52 bits per heavy atom. The molecule has 1 aromatic heterocycles. The first-order valence-corrected chi connectivity index (χ1v) is 9.33. The Morgan fingerprint density at radius 2 is 1.89 bits per heavy atom. The molecule has 2 N–H and O–H groups in total. The summed E-state index contributed by atoms with van der Waals surface area (Å²) in [7, 11) is 1.54. The number of rotatable bonds is 5. The topological polar surface area (TPSA) is 85.3 Å². The van der Waals surface area contributed by atoms with Crippen molar-refractivity contribution in [2.75, 3.05) is 20.3 Å². The number of nitrogens with zero attached hydrogens (tertiary/aromatic N) is 2. The second kappa shape index (κ2) is 6.98. The van der Waals surface area contributed by atoms with E-state index >= 15 is 0 Å². The van der Waals surface area contributed by atoms with E-state index in [1.807, 2.05) is 19.1 Å². The second-order valence-electron chi connectivity index (χ2n) is 7.03. The van der Waals surface area contributed by atoms with Gasteiger partial charge in [0.05, 0.1) is 19.3 Å². The van der Waals surface area contributed by atoms with Gasteiger partial charge in [0.15, 0.2) is 5.69 Å². The van der Waals surface area contributed by atoms with Crippen LogP contribution in [-0.2, 0) is 4.74 Å². The van der Waals surface area contributed by atoms with Gasteiger partial charge < -0.3 is 15.4 Å². The zero-order valence-electron chi connectivity index (χ0n) is 15.1. The molecule has 2 heterocycles. The Kier molecular flexibility index (Phi) is 4.65. The quantitative estimate of drug-likeness (QED) is 0.819. The minimum atomic E-state index is -0.331. The van der Waals surface area contributed by atoms with Gasteiger partial charge in [-0.1, -0.05) is 23.7 Å². The number of fused-ring (bicyclic) bond motifs is 1. The first-order chi connectivity index (χ1) is 13.0. The van der Waals surface area contributed by atoms with E-state index in [0.29, 0.717) is 35.8 Å². The normalized spacial score (nSPS) is 24.2. The van der Waals surface area contributed by atoms with E-state index in [-0.39, 0.29) is 29.6 Å². The fourth-order valence-electron chi connectivity index (χ4n) is 3.66. The van der Waals surface area contributed by atoms with Crippen LogP contribution in [0.25, 0.3) is 0 Å². The average molecular weight is 389 g/mol. The molecule has 1 aromatic carbocycles. The summed E-state index contributed by atoms with van der Waals surface area (Å²) in [5.74, 6) is 0.246. The minimum absolute atomic E-state index is 0.142.